The zero-order valence-corrected chi connectivity index (χ0v) is 6.52. The number of hydrogen-bond acceptors (Lipinski definition) is 1. The van der Waals surface area contributed by atoms with Crippen LogP contribution in [0.5, 0.6) is 0 Å². The zero-order valence-electron chi connectivity index (χ0n) is 6.52. The van der Waals surface area contributed by atoms with Gasteiger partial charge in [0.05, 0.1) is 0 Å². The number of aliphatic imine (C=N–C) groups is 1. The molecule has 0 aromatic rings. The molecule has 0 atom stereocenters. The molecule has 0 aliphatic carbocycles. The van der Waals surface area contributed by atoms with Gasteiger partial charge in [-0.2, -0.15) is 0 Å². The van der Waals surface area contributed by atoms with Crippen LogP contribution in [-0.4, -0.2) is 12.3 Å². The molecule has 0 rings (SSSR count). The summed E-state index contributed by atoms with van der Waals surface area (Å²) in [5.74, 6) is 0. The molecule has 0 fully saturated rings. The molecule has 52 valence electrons. The van der Waals surface area contributed by atoms with E-state index in [9.17, 15) is 0 Å². The van der Waals surface area contributed by atoms with Crippen molar-refractivity contribution in [1.29, 1.82) is 0 Å². The highest BCUT2D eigenvalue weighted by Gasteiger charge is 1.84. The predicted octanol–water partition coefficient (Wildman–Crippen LogP) is 2.43. The monoisotopic (exact) mass is 125 g/mol. The molecule has 0 heterocycles. The Hall–Kier alpha value is -0.590. The molecule has 0 saturated carbocycles. The van der Waals surface area contributed by atoms with Crippen molar-refractivity contribution in [3.63, 3.8) is 0 Å². The third-order valence-electron chi connectivity index (χ3n) is 1.08. The third kappa shape index (κ3) is 3.95. The minimum atomic E-state index is 0.896. The summed E-state index contributed by atoms with van der Waals surface area (Å²) in [4.78, 5) is 4.26. The first-order chi connectivity index (χ1) is 4.35. The number of nitrogens with zero attached hydrogens (tertiary/aromatic N) is 1. The summed E-state index contributed by atoms with van der Waals surface area (Å²) in [5, 5.41) is 0. The number of hydrogen-bond donors (Lipinski definition) is 0. The van der Waals surface area contributed by atoms with E-state index in [1.165, 1.54) is 5.71 Å². The lowest BCUT2D eigenvalue weighted by Crippen LogP contribution is -1.90. The molecule has 1 heteroatoms. The van der Waals surface area contributed by atoms with Crippen molar-refractivity contribution in [3.8, 4) is 0 Å². The summed E-state index contributed by atoms with van der Waals surface area (Å²) >= 11 is 0. The van der Waals surface area contributed by atoms with Crippen LogP contribution in [0.1, 0.15) is 27.2 Å². The second-order valence-electron chi connectivity index (χ2n) is 1.82. The van der Waals surface area contributed by atoms with Gasteiger partial charge >= 0.3 is 0 Å². The molecular formula is C8H15N. The Morgan fingerprint density at radius 3 is 2.44 bits per heavy atom. The van der Waals surface area contributed by atoms with Crippen LogP contribution in [0.3, 0.4) is 0 Å². The average Bonchev–Trinajstić information content (AvgIpc) is 1.88. The van der Waals surface area contributed by atoms with Crippen LogP contribution < -0.4 is 0 Å². The van der Waals surface area contributed by atoms with Gasteiger partial charge in [0.15, 0.2) is 0 Å². The summed E-state index contributed by atoms with van der Waals surface area (Å²) in [5.41, 5.74) is 1.19. The van der Waals surface area contributed by atoms with Gasteiger partial charge in [0.2, 0.25) is 0 Å². The maximum atomic E-state index is 4.26. The van der Waals surface area contributed by atoms with Crippen LogP contribution in [0.2, 0.25) is 0 Å². The molecule has 0 radical (unpaired) electrons. The number of rotatable bonds is 3. The molecule has 0 aliphatic heterocycles. The van der Waals surface area contributed by atoms with Crippen LogP contribution in [0.15, 0.2) is 17.1 Å². The quantitative estimate of drug-likeness (QED) is 0.514. The first-order valence-electron chi connectivity index (χ1n) is 3.51. The fourth-order valence-corrected chi connectivity index (χ4v) is 0.678. The van der Waals surface area contributed by atoms with Crippen LogP contribution in [0.4, 0.5) is 0 Å². The first-order valence-corrected chi connectivity index (χ1v) is 3.51. The molecule has 0 aliphatic rings. The molecule has 0 aromatic carbocycles. The summed E-state index contributed by atoms with van der Waals surface area (Å²) in [6, 6.07) is 0. The van der Waals surface area contributed by atoms with Gasteiger partial charge in [0, 0.05) is 12.3 Å². The topological polar surface area (TPSA) is 12.4 Å². The largest absolute Gasteiger partial charge is 0.290 e. The maximum absolute atomic E-state index is 4.26. The fourth-order valence-electron chi connectivity index (χ4n) is 0.678. The Labute approximate surface area is 57.5 Å². The molecule has 1 nitrogen and oxygen atoms in total. The van der Waals surface area contributed by atoms with Crippen molar-refractivity contribution in [2.45, 2.75) is 27.2 Å². The lowest BCUT2D eigenvalue weighted by atomic mass is 10.3. The molecule has 9 heavy (non-hydrogen) atoms. The van der Waals surface area contributed by atoms with E-state index in [2.05, 4.69) is 24.9 Å². The van der Waals surface area contributed by atoms with Crippen LogP contribution >= 0.6 is 0 Å². The highest BCUT2D eigenvalue weighted by atomic mass is 14.7. The standard InChI is InChI=1S/C8H15N/c1-4-7-8(5-2)9-6-3/h4,7H,5-6H2,1-3H3/b7-4-,9-8?. The average molecular weight is 125 g/mol. The maximum Gasteiger partial charge on any atom is 0.0364 e. The van der Waals surface area contributed by atoms with Gasteiger partial charge in [-0.1, -0.05) is 13.0 Å². The lowest BCUT2D eigenvalue weighted by molar-refractivity contribution is 1.10. The second-order valence-corrected chi connectivity index (χ2v) is 1.82. The Bertz CT molecular complexity index is 112. The second kappa shape index (κ2) is 5.54. The lowest BCUT2D eigenvalue weighted by Gasteiger charge is -1.91. The SMILES string of the molecule is C/C=C\C(CC)=NCC. The number of allylic oxidation sites excluding steroid dienone is 2. The van der Waals surface area contributed by atoms with Gasteiger partial charge in [0.1, 0.15) is 0 Å². The van der Waals surface area contributed by atoms with Gasteiger partial charge in [-0.05, 0) is 26.3 Å². The van der Waals surface area contributed by atoms with Crippen molar-refractivity contribution in [2.24, 2.45) is 4.99 Å². The van der Waals surface area contributed by atoms with Gasteiger partial charge in [-0.3, -0.25) is 4.99 Å². The van der Waals surface area contributed by atoms with Crippen molar-refractivity contribution < 1.29 is 0 Å². The zero-order chi connectivity index (χ0) is 7.11. The highest BCUT2D eigenvalue weighted by molar-refractivity contribution is 5.94. The molecule has 0 bridgehead atoms. The summed E-state index contributed by atoms with van der Waals surface area (Å²) in [7, 11) is 0. The molecule has 0 unspecified atom stereocenters. The van der Waals surface area contributed by atoms with Gasteiger partial charge in [-0.15, -0.1) is 0 Å². The summed E-state index contributed by atoms with van der Waals surface area (Å²) in [6.45, 7) is 7.09. The van der Waals surface area contributed by atoms with Crippen LogP contribution in [0.25, 0.3) is 0 Å². The van der Waals surface area contributed by atoms with E-state index in [-0.39, 0.29) is 0 Å². The van der Waals surface area contributed by atoms with Crippen LogP contribution in [-0.2, 0) is 0 Å². The Morgan fingerprint density at radius 1 is 1.44 bits per heavy atom. The van der Waals surface area contributed by atoms with Crippen molar-refractivity contribution in [1.82, 2.24) is 0 Å². The fraction of sp³-hybridized carbons (Fsp3) is 0.625. The third-order valence-corrected chi connectivity index (χ3v) is 1.08. The van der Waals surface area contributed by atoms with Crippen molar-refractivity contribution in [2.75, 3.05) is 6.54 Å². The Balaban J connectivity index is 3.81. The van der Waals surface area contributed by atoms with E-state index < -0.39 is 0 Å². The smallest absolute Gasteiger partial charge is 0.0364 e. The molecule has 0 aromatic heterocycles. The van der Waals surface area contributed by atoms with E-state index in [1.54, 1.807) is 0 Å². The van der Waals surface area contributed by atoms with E-state index >= 15 is 0 Å². The molecule has 0 spiro atoms. The van der Waals surface area contributed by atoms with E-state index in [1.807, 2.05) is 13.0 Å². The molecule has 0 amide bonds. The highest BCUT2D eigenvalue weighted by Crippen LogP contribution is 1.87. The van der Waals surface area contributed by atoms with Gasteiger partial charge in [0.25, 0.3) is 0 Å². The first kappa shape index (κ1) is 8.41. The van der Waals surface area contributed by atoms with Gasteiger partial charge < -0.3 is 0 Å². The van der Waals surface area contributed by atoms with E-state index in [0.29, 0.717) is 0 Å². The Morgan fingerprint density at radius 2 is 2.11 bits per heavy atom. The normalized spacial score (nSPS) is 13.0. The van der Waals surface area contributed by atoms with E-state index in [0.717, 1.165) is 13.0 Å². The molecular weight excluding hydrogens is 110 g/mol. The minimum Gasteiger partial charge on any atom is -0.290 e. The molecule has 0 saturated heterocycles. The predicted molar refractivity (Wildman–Crippen MR) is 43.1 cm³/mol. The van der Waals surface area contributed by atoms with Crippen molar-refractivity contribution in [3.05, 3.63) is 12.2 Å². The van der Waals surface area contributed by atoms with Crippen molar-refractivity contribution >= 4 is 5.71 Å². The van der Waals surface area contributed by atoms with E-state index in [4.69, 9.17) is 0 Å². The van der Waals surface area contributed by atoms with Crippen LogP contribution in [0, 0.1) is 0 Å². The Kier molecular flexibility index (Phi) is 5.18. The van der Waals surface area contributed by atoms with Gasteiger partial charge in [-0.25, -0.2) is 0 Å². The minimum absolute atomic E-state index is 0.896. The molecule has 0 N–H and O–H groups in total. The summed E-state index contributed by atoms with van der Waals surface area (Å²) < 4.78 is 0. The summed E-state index contributed by atoms with van der Waals surface area (Å²) in [6.07, 6.45) is 5.12.